The fourth-order valence-electron chi connectivity index (χ4n) is 1.92. The van der Waals surface area contributed by atoms with Crippen LogP contribution in [-0.2, 0) is 6.42 Å². The Morgan fingerprint density at radius 1 is 1.14 bits per heavy atom. The Morgan fingerprint density at radius 2 is 1.79 bits per heavy atom. The average Bonchev–Trinajstić information content (AvgIpc) is 2.23. The van der Waals surface area contributed by atoms with E-state index in [2.05, 4.69) is 19.9 Å². The lowest BCUT2D eigenvalue weighted by molar-refractivity contribution is 0.481. The van der Waals surface area contributed by atoms with Gasteiger partial charge in [-0.3, -0.25) is 0 Å². The largest absolute Gasteiger partial charge is 0.507 e. The van der Waals surface area contributed by atoms with Crippen LogP contribution >= 0.6 is 0 Å². The maximum Gasteiger partial charge on any atom is 0.123 e. The van der Waals surface area contributed by atoms with Gasteiger partial charge >= 0.3 is 0 Å². The third kappa shape index (κ3) is 1.25. The Balaban J connectivity index is 2.87. The molecular formula is C13H14O. The summed E-state index contributed by atoms with van der Waals surface area (Å²) in [5.74, 6) is 0.392. The zero-order valence-corrected chi connectivity index (χ0v) is 8.54. The van der Waals surface area contributed by atoms with Crippen molar-refractivity contribution in [3.05, 3.63) is 41.5 Å². The molecule has 0 aliphatic rings. The standard InChI is InChI=1S/C13H14O/c1-3-10-8-13(14)12-7-5-4-6-11(12)9(10)2/h4-8,14H,3H2,1-2H3. The molecule has 2 aromatic rings. The van der Waals surface area contributed by atoms with Crippen LogP contribution in [0.1, 0.15) is 18.1 Å². The van der Waals surface area contributed by atoms with Crippen LogP contribution in [0.15, 0.2) is 30.3 Å². The van der Waals surface area contributed by atoms with Crippen LogP contribution in [0.4, 0.5) is 0 Å². The summed E-state index contributed by atoms with van der Waals surface area (Å²) in [4.78, 5) is 0. The Bertz CT molecular complexity index is 472. The maximum absolute atomic E-state index is 9.81. The highest BCUT2D eigenvalue weighted by atomic mass is 16.3. The molecule has 1 heteroatoms. The molecule has 2 rings (SSSR count). The molecule has 0 saturated carbocycles. The molecule has 0 aliphatic carbocycles. The second-order valence-corrected chi connectivity index (χ2v) is 3.58. The summed E-state index contributed by atoms with van der Waals surface area (Å²) in [7, 11) is 0. The Labute approximate surface area is 84.0 Å². The smallest absolute Gasteiger partial charge is 0.123 e. The molecular weight excluding hydrogens is 172 g/mol. The van der Waals surface area contributed by atoms with E-state index in [1.807, 2.05) is 24.3 Å². The van der Waals surface area contributed by atoms with Gasteiger partial charge in [0.15, 0.2) is 0 Å². The molecule has 0 radical (unpaired) electrons. The molecule has 1 N–H and O–H groups in total. The molecule has 2 aromatic carbocycles. The van der Waals surface area contributed by atoms with Crippen molar-refractivity contribution < 1.29 is 5.11 Å². The van der Waals surface area contributed by atoms with Crippen LogP contribution in [-0.4, -0.2) is 5.11 Å². The number of hydrogen-bond donors (Lipinski definition) is 1. The summed E-state index contributed by atoms with van der Waals surface area (Å²) >= 11 is 0. The van der Waals surface area contributed by atoms with Gasteiger partial charge in [0.25, 0.3) is 0 Å². The summed E-state index contributed by atoms with van der Waals surface area (Å²) in [5.41, 5.74) is 2.50. The number of phenols is 1. The minimum atomic E-state index is 0.392. The summed E-state index contributed by atoms with van der Waals surface area (Å²) in [6, 6.07) is 9.85. The van der Waals surface area contributed by atoms with E-state index in [9.17, 15) is 5.11 Å². The Hall–Kier alpha value is -1.50. The topological polar surface area (TPSA) is 20.2 Å². The van der Waals surface area contributed by atoms with Crippen molar-refractivity contribution in [2.24, 2.45) is 0 Å². The van der Waals surface area contributed by atoms with E-state index in [4.69, 9.17) is 0 Å². The number of fused-ring (bicyclic) bond motifs is 1. The fraction of sp³-hybridized carbons (Fsp3) is 0.231. The summed E-state index contributed by atoms with van der Waals surface area (Å²) in [6.07, 6.45) is 0.963. The van der Waals surface area contributed by atoms with Gasteiger partial charge in [-0.2, -0.15) is 0 Å². The predicted molar refractivity (Wildman–Crippen MR) is 59.7 cm³/mol. The second kappa shape index (κ2) is 3.33. The molecule has 0 heterocycles. The van der Waals surface area contributed by atoms with Crippen molar-refractivity contribution in [1.82, 2.24) is 0 Å². The minimum Gasteiger partial charge on any atom is -0.507 e. The van der Waals surface area contributed by atoms with Crippen molar-refractivity contribution in [3.63, 3.8) is 0 Å². The highest BCUT2D eigenvalue weighted by Gasteiger charge is 2.05. The van der Waals surface area contributed by atoms with Gasteiger partial charge in [0.05, 0.1) is 0 Å². The first-order chi connectivity index (χ1) is 6.74. The van der Waals surface area contributed by atoms with Crippen molar-refractivity contribution in [3.8, 4) is 5.75 Å². The zero-order valence-electron chi connectivity index (χ0n) is 8.54. The van der Waals surface area contributed by atoms with Crippen LogP contribution in [0, 0.1) is 6.92 Å². The van der Waals surface area contributed by atoms with Crippen molar-refractivity contribution in [2.75, 3.05) is 0 Å². The summed E-state index contributed by atoms with van der Waals surface area (Å²) in [5, 5.41) is 11.9. The highest BCUT2D eigenvalue weighted by Crippen LogP contribution is 2.30. The molecule has 0 fully saturated rings. The van der Waals surface area contributed by atoms with Gasteiger partial charge in [-0.05, 0) is 35.9 Å². The number of hydrogen-bond acceptors (Lipinski definition) is 1. The lowest BCUT2D eigenvalue weighted by atomic mass is 9.98. The number of benzene rings is 2. The second-order valence-electron chi connectivity index (χ2n) is 3.58. The van der Waals surface area contributed by atoms with E-state index in [1.165, 1.54) is 11.1 Å². The predicted octanol–water partition coefficient (Wildman–Crippen LogP) is 3.42. The lowest BCUT2D eigenvalue weighted by Crippen LogP contribution is -1.88. The first kappa shape index (κ1) is 9.07. The normalized spacial score (nSPS) is 10.7. The first-order valence-corrected chi connectivity index (χ1v) is 4.94. The van der Waals surface area contributed by atoms with E-state index in [0.29, 0.717) is 5.75 Å². The molecule has 14 heavy (non-hydrogen) atoms. The van der Waals surface area contributed by atoms with Gasteiger partial charge in [0.2, 0.25) is 0 Å². The summed E-state index contributed by atoms with van der Waals surface area (Å²) in [6.45, 7) is 4.22. The van der Waals surface area contributed by atoms with Crippen molar-refractivity contribution in [1.29, 1.82) is 0 Å². The van der Waals surface area contributed by atoms with Crippen LogP contribution < -0.4 is 0 Å². The Morgan fingerprint density at radius 3 is 2.43 bits per heavy atom. The quantitative estimate of drug-likeness (QED) is 0.723. The number of aromatic hydroxyl groups is 1. The zero-order chi connectivity index (χ0) is 10.1. The third-order valence-corrected chi connectivity index (χ3v) is 2.78. The van der Waals surface area contributed by atoms with Crippen molar-refractivity contribution >= 4 is 10.8 Å². The van der Waals surface area contributed by atoms with Gasteiger partial charge in [-0.15, -0.1) is 0 Å². The van der Waals surface area contributed by atoms with Crippen LogP contribution in [0.5, 0.6) is 5.75 Å². The van der Waals surface area contributed by atoms with Gasteiger partial charge in [0, 0.05) is 5.39 Å². The van der Waals surface area contributed by atoms with Gasteiger partial charge < -0.3 is 5.11 Å². The molecule has 0 spiro atoms. The molecule has 1 nitrogen and oxygen atoms in total. The van der Waals surface area contributed by atoms with Gasteiger partial charge in [-0.1, -0.05) is 31.2 Å². The monoisotopic (exact) mass is 186 g/mol. The minimum absolute atomic E-state index is 0.392. The van der Waals surface area contributed by atoms with E-state index < -0.39 is 0 Å². The number of rotatable bonds is 1. The molecule has 0 saturated heterocycles. The van der Waals surface area contributed by atoms with E-state index >= 15 is 0 Å². The first-order valence-electron chi connectivity index (χ1n) is 4.94. The highest BCUT2D eigenvalue weighted by molar-refractivity contribution is 5.91. The summed E-state index contributed by atoms with van der Waals surface area (Å²) < 4.78 is 0. The van der Waals surface area contributed by atoms with Crippen LogP contribution in [0.25, 0.3) is 10.8 Å². The van der Waals surface area contributed by atoms with E-state index in [0.717, 1.165) is 17.2 Å². The molecule has 0 aliphatic heterocycles. The average molecular weight is 186 g/mol. The van der Waals surface area contributed by atoms with E-state index in [1.54, 1.807) is 0 Å². The molecule has 0 amide bonds. The lowest BCUT2D eigenvalue weighted by Gasteiger charge is -2.09. The fourth-order valence-corrected chi connectivity index (χ4v) is 1.92. The number of phenolic OH excluding ortho intramolecular Hbond substituents is 1. The molecule has 0 unspecified atom stereocenters. The van der Waals surface area contributed by atoms with Crippen LogP contribution in [0.2, 0.25) is 0 Å². The third-order valence-electron chi connectivity index (χ3n) is 2.78. The SMILES string of the molecule is CCc1cc(O)c2ccccc2c1C. The van der Waals surface area contributed by atoms with Crippen LogP contribution in [0.3, 0.4) is 0 Å². The van der Waals surface area contributed by atoms with Crippen molar-refractivity contribution in [2.45, 2.75) is 20.3 Å². The molecule has 0 bridgehead atoms. The molecule has 0 aromatic heterocycles. The molecule has 72 valence electrons. The van der Waals surface area contributed by atoms with E-state index in [-0.39, 0.29) is 0 Å². The number of aryl methyl sites for hydroxylation is 2. The molecule has 0 atom stereocenters. The van der Waals surface area contributed by atoms with Gasteiger partial charge in [-0.25, -0.2) is 0 Å². The Kier molecular flexibility index (Phi) is 2.16. The maximum atomic E-state index is 9.81. The van der Waals surface area contributed by atoms with Gasteiger partial charge in [0.1, 0.15) is 5.75 Å².